The number of para-hydroxylation sites is 1. The third kappa shape index (κ3) is 4.71. The highest BCUT2D eigenvalue weighted by molar-refractivity contribution is 5.96. The van der Waals surface area contributed by atoms with Crippen LogP contribution in [0.25, 0.3) is 33.6 Å². The molecule has 0 fully saturated rings. The summed E-state index contributed by atoms with van der Waals surface area (Å²) in [5.74, 6) is -0.0187. The van der Waals surface area contributed by atoms with E-state index in [0.29, 0.717) is 22.4 Å². The summed E-state index contributed by atoms with van der Waals surface area (Å²) < 4.78 is 51.7. The van der Waals surface area contributed by atoms with Crippen molar-refractivity contribution in [3.8, 4) is 22.7 Å². The van der Waals surface area contributed by atoms with Crippen molar-refractivity contribution < 1.29 is 27.1 Å². The summed E-state index contributed by atoms with van der Waals surface area (Å²) in [7, 11) is 1.27. The molecule has 0 aliphatic rings. The maximum atomic E-state index is 13.4. The molecule has 2 heterocycles. The molecule has 0 bridgehead atoms. The number of rotatable bonds is 5. The smallest absolute Gasteiger partial charge is 0.416 e. The Labute approximate surface area is 213 Å². The second-order valence-corrected chi connectivity index (χ2v) is 8.13. The minimum Gasteiger partial charge on any atom is -0.465 e. The molecule has 0 N–H and O–H groups in total. The topological polar surface area (TPSA) is 86.7 Å². The second kappa shape index (κ2) is 9.81. The fraction of sp³-hybridized carbons (Fsp3) is 0.0714. The molecule has 38 heavy (non-hydrogen) atoms. The number of halogens is 3. The molecule has 190 valence electrons. The van der Waals surface area contributed by atoms with E-state index >= 15 is 0 Å². The second-order valence-electron chi connectivity index (χ2n) is 8.13. The van der Waals surface area contributed by atoms with E-state index in [4.69, 9.17) is 9.15 Å². The van der Waals surface area contributed by atoms with Crippen LogP contribution in [0.15, 0.2) is 99.2 Å². The highest BCUT2D eigenvalue weighted by Gasteiger charge is 2.31. The number of nitrogens with zero attached hydrogens (tertiary/aromatic N) is 3. The largest absolute Gasteiger partial charge is 0.465 e. The Hall–Kier alpha value is -4.99. The first-order valence-electron chi connectivity index (χ1n) is 11.3. The molecule has 5 rings (SSSR count). The molecule has 7 nitrogen and oxygen atoms in total. The van der Waals surface area contributed by atoms with Crippen molar-refractivity contribution in [3.63, 3.8) is 0 Å². The summed E-state index contributed by atoms with van der Waals surface area (Å²) in [4.78, 5) is 29.9. The van der Waals surface area contributed by atoms with Gasteiger partial charge in [-0.05, 0) is 42.5 Å². The average molecular weight is 517 g/mol. The van der Waals surface area contributed by atoms with Crippen molar-refractivity contribution >= 4 is 23.1 Å². The third-order valence-electron chi connectivity index (χ3n) is 5.73. The highest BCUT2D eigenvalue weighted by atomic mass is 19.4. The van der Waals surface area contributed by atoms with Crippen molar-refractivity contribution in [3.05, 3.63) is 112 Å². The zero-order valence-electron chi connectivity index (χ0n) is 19.8. The van der Waals surface area contributed by atoms with E-state index in [1.807, 2.05) is 0 Å². The van der Waals surface area contributed by atoms with Gasteiger partial charge in [-0.25, -0.2) is 9.78 Å². The average Bonchev–Trinajstić information content (AvgIpc) is 3.40. The number of carbonyl (C=O) groups excluding carboxylic acids is 1. The predicted molar refractivity (Wildman–Crippen MR) is 135 cm³/mol. The van der Waals surface area contributed by atoms with Crippen LogP contribution in [0.2, 0.25) is 0 Å². The van der Waals surface area contributed by atoms with Crippen LogP contribution in [-0.4, -0.2) is 29.0 Å². The Balaban J connectivity index is 1.60. The summed E-state index contributed by atoms with van der Waals surface area (Å²) in [5.41, 5.74) is -0.277. The van der Waals surface area contributed by atoms with Gasteiger partial charge in [0.2, 0.25) is 0 Å². The zero-order chi connectivity index (χ0) is 26.9. The number of ether oxygens (including phenoxy) is 1. The summed E-state index contributed by atoms with van der Waals surface area (Å²) in [5, 5.41) is 4.47. The van der Waals surface area contributed by atoms with E-state index in [2.05, 4.69) is 10.1 Å². The van der Waals surface area contributed by atoms with Crippen molar-refractivity contribution in [1.29, 1.82) is 0 Å². The number of fused-ring (bicyclic) bond motifs is 1. The number of carbonyl (C=O) groups is 1. The van der Waals surface area contributed by atoms with Gasteiger partial charge in [0.15, 0.2) is 5.82 Å². The van der Waals surface area contributed by atoms with Crippen LogP contribution < -0.4 is 5.56 Å². The van der Waals surface area contributed by atoms with Gasteiger partial charge in [0.25, 0.3) is 5.56 Å². The number of methoxy groups -OCH3 is 1. The van der Waals surface area contributed by atoms with Crippen molar-refractivity contribution in [2.75, 3.05) is 7.11 Å². The molecule has 0 radical (unpaired) electrons. The molecule has 3 aromatic carbocycles. The summed E-state index contributed by atoms with van der Waals surface area (Å²) in [6, 6.07) is 20.9. The summed E-state index contributed by atoms with van der Waals surface area (Å²) in [6.07, 6.45) is -3.33. The first kappa shape index (κ1) is 24.7. The van der Waals surface area contributed by atoms with Gasteiger partial charge < -0.3 is 9.15 Å². The van der Waals surface area contributed by atoms with Gasteiger partial charge in [-0.15, -0.1) is 0 Å². The van der Waals surface area contributed by atoms with Crippen LogP contribution in [0.5, 0.6) is 0 Å². The number of alkyl halides is 3. The molecular weight excluding hydrogens is 499 g/mol. The Kier molecular flexibility index (Phi) is 6.38. The lowest BCUT2D eigenvalue weighted by molar-refractivity contribution is -0.137. The normalized spacial score (nSPS) is 11.8. The zero-order valence-corrected chi connectivity index (χ0v) is 19.8. The summed E-state index contributed by atoms with van der Waals surface area (Å²) in [6.45, 7) is 0. The van der Waals surface area contributed by atoms with Gasteiger partial charge >= 0.3 is 12.1 Å². The number of aromatic nitrogens is 2. The maximum Gasteiger partial charge on any atom is 0.416 e. The van der Waals surface area contributed by atoms with Crippen LogP contribution in [0.1, 0.15) is 21.7 Å². The predicted octanol–water partition coefficient (Wildman–Crippen LogP) is 6.01. The molecule has 0 aliphatic heterocycles. The monoisotopic (exact) mass is 517 g/mol. The van der Waals surface area contributed by atoms with Gasteiger partial charge in [-0.1, -0.05) is 42.5 Å². The van der Waals surface area contributed by atoms with E-state index in [-0.39, 0.29) is 22.5 Å². The number of hydrogen-bond donors (Lipinski definition) is 0. The molecule has 5 aromatic rings. The highest BCUT2D eigenvalue weighted by Crippen LogP contribution is 2.32. The number of benzene rings is 3. The van der Waals surface area contributed by atoms with Crippen LogP contribution in [0.4, 0.5) is 13.2 Å². The first-order valence-corrected chi connectivity index (χ1v) is 11.3. The Morgan fingerprint density at radius 3 is 2.55 bits per heavy atom. The van der Waals surface area contributed by atoms with Crippen molar-refractivity contribution in [2.24, 2.45) is 5.10 Å². The minimum atomic E-state index is -4.58. The molecule has 10 heteroatoms. The van der Waals surface area contributed by atoms with E-state index < -0.39 is 23.3 Å². The van der Waals surface area contributed by atoms with E-state index in [0.717, 1.165) is 16.8 Å². The number of esters is 1. The first-order chi connectivity index (χ1) is 18.3. The van der Waals surface area contributed by atoms with Crippen LogP contribution in [0.3, 0.4) is 0 Å². The minimum absolute atomic E-state index is 0.0620. The van der Waals surface area contributed by atoms with Gasteiger partial charge in [0.05, 0.1) is 35.4 Å². The lowest BCUT2D eigenvalue weighted by atomic mass is 10.1. The van der Waals surface area contributed by atoms with Crippen LogP contribution in [-0.2, 0) is 10.9 Å². The van der Waals surface area contributed by atoms with Crippen LogP contribution >= 0.6 is 0 Å². The van der Waals surface area contributed by atoms with E-state index in [9.17, 15) is 22.8 Å². The molecule has 0 saturated carbocycles. The third-order valence-corrected chi connectivity index (χ3v) is 5.73. The molecule has 0 aliphatic carbocycles. The molecule has 0 unspecified atom stereocenters. The Morgan fingerprint density at radius 1 is 1.00 bits per heavy atom. The van der Waals surface area contributed by atoms with Crippen LogP contribution in [0, 0.1) is 0 Å². The fourth-order valence-corrected chi connectivity index (χ4v) is 3.92. The van der Waals surface area contributed by atoms with Gasteiger partial charge in [-0.3, -0.25) is 4.79 Å². The number of furan rings is 1. The number of hydrogen-bond acceptors (Lipinski definition) is 6. The standard InChI is InChI=1S/C28H18F3N3O4/c1-37-27(36)21-10-3-2-9-20(21)24-14-13-19(38-24)16-32-34-25(17-7-6-8-18(15-17)28(29,30)31)33-23-12-5-4-11-22(23)26(34)35/h2-16H,1H3. The fourth-order valence-electron chi connectivity index (χ4n) is 3.92. The quantitative estimate of drug-likeness (QED) is 0.211. The summed E-state index contributed by atoms with van der Waals surface area (Å²) >= 11 is 0. The van der Waals surface area contributed by atoms with Gasteiger partial charge in [0.1, 0.15) is 11.5 Å². The SMILES string of the molecule is COC(=O)c1ccccc1-c1ccc(C=Nn2c(-c3cccc(C(F)(F)F)c3)nc3ccccc3c2=O)o1. The lowest BCUT2D eigenvalue weighted by Gasteiger charge is -2.11. The Bertz CT molecular complexity index is 1750. The molecular formula is C28H18F3N3O4. The lowest BCUT2D eigenvalue weighted by Crippen LogP contribution is -2.20. The maximum absolute atomic E-state index is 13.4. The molecule has 2 aromatic heterocycles. The molecule has 0 atom stereocenters. The van der Waals surface area contributed by atoms with E-state index in [1.165, 1.54) is 25.5 Å². The molecule has 0 saturated heterocycles. The Morgan fingerprint density at radius 2 is 1.76 bits per heavy atom. The van der Waals surface area contributed by atoms with Crippen molar-refractivity contribution in [2.45, 2.75) is 6.18 Å². The van der Waals surface area contributed by atoms with Gasteiger partial charge in [-0.2, -0.15) is 22.9 Å². The van der Waals surface area contributed by atoms with E-state index in [1.54, 1.807) is 60.7 Å². The van der Waals surface area contributed by atoms with Crippen molar-refractivity contribution in [1.82, 2.24) is 9.66 Å². The molecule has 0 amide bonds. The van der Waals surface area contributed by atoms with Gasteiger partial charge in [0, 0.05) is 11.1 Å². The molecule has 0 spiro atoms.